The number of aromatic carboxylic acids is 1. The Balaban J connectivity index is 2.26. The van der Waals surface area contributed by atoms with E-state index in [-0.39, 0.29) is 17.7 Å². The predicted octanol–water partition coefficient (Wildman–Crippen LogP) is 2.69. The summed E-state index contributed by atoms with van der Waals surface area (Å²) in [7, 11) is 4.46. The van der Waals surface area contributed by atoms with Gasteiger partial charge in [0.15, 0.2) is 18.3 Å². The van der Waals surface area contributed by atoms with Gasteiger partial charge < -0.3 is 28.6 Å². The van der Waals surface area contributed by atoms with Crippen LogP contribution in [0.1, 0.15) is 10.4 Å². The first-order valence-electron chi connectivity index (χ1n) is 8.27. The summed E-state index contributed by atoms with van der Waals surface area (Å²) in [6.45, 7) is 0.112. The molecule has 2 aromatic carbocycles. The Morgan fingerprint density at radius 1 is 1.04 bits per heavy atom. The molecule has 0 aliphatic rings. The van der Waals surface area contributed by atoms with Gasteiger partial charge in [0.05, 0.1) is 25.1 Å². The molecule has 1 N–H and O–H groups in total. The Morgan fingerprint density at radius 2 is 1.68 bits per heavy atom. The van der Waals surface area contributed by atoms with Crippen molar-refractivity contribution in [2.75, 3.05) is 28.1 Å². The van der Waals surface area contributed by atoms with Crippen LogP contribution in [0.3, 0.4) is 0 Å². The number of hydrogen-bond acceptors (Lipinski definition) is 6. The molecule has 0 spiro atoms. The number of aromatic nitrogens is 1. The summed E-state index contributed by atoms with van der Waals surface area (Å²) in [5.41, 5.74) is 0.182. The fourth-order valence-corrected chi connectivity index (χ4v) is 2.85. The lowest BCUT2D eigenvalue weighted by Gasteiger charge is -2.16. The molecule has 0 aliphatic heterocycles. The normalized spacial score (nSPS) is 10.7. The average molecular weight is 385 g/mol. The summed E-state index contributed by atoms with van der Waals surface area (Å²) in [5, 5.41) is 9.67. The lowest BCUT2D eigenvalue weighted by atomic mass is 10.1. The number of rotatable bonds is 7. The smallest absolute Gasteiger partial charge is 0.341 e. The third-order valence-corrected chi connectivity index (χ3v) is 4.20. The minimum Gasteiger partial charge on any atom is -0.493 e. The van der Waals surface area contributed by atoms with Gasteiger partial charge in [-0.25, -0.2) is 4.79 Å². The molecule has 0 atom stereocenters. The lowest BCUT2D eigenvalue weighted by molar-refractivity contribution is 0.0511. The predicted molar refractivity (Wildman–Crippen MR) is 102 cm³/mol. The number of hydrogen-bond donors (Lipinski definition) is 1. The first-order chi connectivity index (χ1) is 13.5. The van der Waals surface area contributed by atoms with Gasteiger partial charge in [-0.1, -0.05) is 0 Å². The quantitative estimate of drug-likeness (QED) is 0.625. The highest BCUT2D eigenvalue weighted by Gasteiger charge is 2.18. The molecule has 0 unspecified atom stereocenters. The molecule has 1 aromatic heterocycles. The molecule has 1 heterocycles. The maximum Gasteiger partial charge on any atom is 0.341 e. The topological polar surface area (TPSA) is 96.2 Å². The summed E-state index contributed by atoms with van der Waals surface area (Å²) in [6.07, 6.45) is 1.30. The zero-order valence-electron chi connectivity index (χ0n) is 15.6. The largest absolute Gasteiger partial charge is 0.493 e. The molecule has 3 rings (SSSR count). The van der Waals surface area contributed by atoms with Gasteiger partial charge in [0.25, 0.3) is 0 Å². The second kappa shape index (κ2) is 8.01. The number of carboxylic acid groups (broad SMARTS) is 1. The molecular formula is C20H19NO7. The van der Waals surface area contributed by atoms with Crippen molar-refractivity contribution in [3.05, 3.63) is 58.4 Å². The first kappa shape index (κ1) is 19.2. The van der Waals surface area contributed by atoms with Crippen LogP contribution < -0.4 is 19.6 Å². The minimum absolute atomic E-state index is 0.112. The van der Waals surface area contributed by atoms with E-state index in [4.69, 9.17) is 18.9 Å². The highest BCUT2D eigenvalue weighted by atomic mass is 16.7. The molecule has 3 aromatic rings. The fraction of sp³-hybridized carbons (Fsp3) is 0.200. The van der Waals surface area contributed by atoms with E-state index in [1.54, 1.807) is 34.9 Å². The highest BCUT2D eigenvalue weighted by molar-refractivity contribution is 5.94. The molecule has 8 heteroatoms. The number of benzene rings is 2. The number of pyridine rings is 1. The summed E-state index contributed by atoms with van der Waals surface area (Å²) in [4.78, 5) is 24.3. The van der Waals surface area contributed by atoms with Crippen LogP contribution in [0.5, 0.6) is 17.2 Å². The Labute approximate surface area is 160 Å². The first-order valence-corrected chi connectivity index (χ1v) is 8.27. The Hall–Kier alpha value is -3.52. The van der Waals surface area contributed by atoms with Crippen molar-refractivity contribution in [2.45, 2.75) is 0 Å². The van der Waals surface area contributed by atoms with Crippen LogP contribution >= 0.6 is 0 Å². The van der Waals surface area contributed by atoms with Crippen LogP contribution in [-0.4, -0.2) is 43.8 Å². The monoisotopic (exact) mass is 385 g/mol. The van der Waals surface area contributed by atoms with Gasteiger partial charge in [0, 0.05) is 25.1 Å². The number of carbonyl (C=O) groups is 1. The van der Waals surface area contributed by atoms with Crippen molar-refractivity contribution in [1.29, 1.82) is 0 Å². The molecule has 0 bridgehead atoms. The SMILES string of the molecule is COCOc1ccc(-n2cc(C(=O)O)c(=O)c3cc(OC)c(OC)cc32)cc1. The van der Waals surface area contributed by atoms with Gasteiger partial charge in [-0.05, 0) is 30.3 Å². The van der Waals surface area contributed by atoms with Crippen LogP contribution in [-0.2, 0) is 4.74 Å². The average Bonchev–Trinajstić information content (AvgIpc) is 2.71. The van der Waals surface area contributed by atoms with Crippen LogP contribution in [0.15, 0.2) is 47.4 Å². The summed E-state index contributed by atoms with van der Waals surface area (Å²) in [6, 6.07) is 10.1. The van der Waals surface area contributed by atoms with E-state index in [1.807, 2.05) is 0 Å². The van der Waals surface area contributed by atoms with Crippen LogP contribution in [0.25, 0.3) is 16.6 Å². The zero-order chi connectivity index (χ0) is 20.3. The van der Waals surface area contributed by atoms with Crippen molar-refractivity contribution in [1.82, 2.24) is 4.57 Å². The maximum absolute atomic E-state index is 12.7. The van der Waals surface area contributed by atoms with E-state index in [0.717, 1.165) is 0 Å². The molecule has 146 valence electrons. The van der Waals surface area contributed by atoms with E-state index in [2.05, 4.69) is 0 Å². The maximum atomic E-state index is 12.7. The molecule has 0 saturated carbocycles. The van der Waals surface area contributed by atoms with Gasteiger partial charge in [-0.3, -0.25) is 4.79 Å². The van der Waals surface area contributed by atoms with E-state index in [1.165, 1.54) is 33.6 Å². The third-order valence-electron chi connectivity index (χ3n) is 4.20. The number of fused-ring (bicyclic) bond motifs is 1. The van der Waals surface area contributed by atoms with E-state index >= 15 is 0 Å². The van der Waals surface area contributed by atoms with Crippen molar-refractivity contribution in [3.8, 4) is 22.9 Å². The van der Waals surface area contributed by atoms with Gasteiger partial charge in [0.2, 0.25) is 5.43 Å². The number of methoxy groups -OCH3 is 3. The second-order valence-corrected chi connectivity index (χ2v) is 5.82. The number of ether oxygens (including phenoxy) is 4. The highest BCUT2D eigenvalue weighted by Crippen LogP contribution is 2.32. The molecule has 0 amide bonds. The molecule has 8 nitrogen and oxygen atoms in total. The van der Waals surface area contributed by atoms with Crippen molar-refractivity contribution < 1.29 is 28.8 Å². The van der Waals surface area contributed by atoms with Crippen LogP contribution in [0, 0.1) is 0 Å². The van der Waals surface area contributed by atoms with Crippen LogP contribution in [0.2, 0.25) is 0 Å². The summed E-state index contributed by atoms with van der Waals surface area (Å²) < 4.78 is 22.4. The molecule has 28 heavy (non-hydrogen) atoms. The fourth-order valence-electron chi connectivity index (χ4n) is 2.85. The summed E-state index contributed by atoms with van der Waals surface area (Å²) >= 11 is 0. The second-order valence-electron chi connectivity index (χ2n) is 5.82. The van der Waals surface area contributed by atoms with Crippen LogP contribution in [0.4, 0.5) is 0 Å². The lowest BCUT2D eigenvalue weighted by Crippen LogP contribution is -2.18. The number of carboxylic acids is 1. The molecule has 0 radical (unpaired) electrons. The van der Waals surface area contributed by atoms with E-state index < -0.39 is 11.4 Å². The van der Waals surface area contributed by atoms with E-state index in [0.29, 0.717) is 28.5 Å². The van der Waals surface area contributed by atoms with E-state index in [9.17, 15) is 14.7 Å². The van der Waals surface area contributed by atoms with Crippen molar-refractivity contribution in [3.63, 3.8) is 0 Å². The molecular weight excluding hydrogens is 366 g/mol. The molecule has 0 saturated heterocycles. The van der Waals surface area contributed by atoms with Gasteiger partial charge in [0.1, 0.15) is 11.3 Å². The molecule has 0 aliphatic carbocycles. The third kappa shape index (κ3) is 3.49. The minimum atomic E-state index is -1.31. The van der Waals surface area contributed by atoms with Gasteiger partial charge in [-0.2, -0.15) is 0 Å². The Kier molecular flexibility index (Phi) is 5.51. The number of nitrogens with zero attached hydrogens (tertiary/aromatic N) is 1. The van der Waals surface area contributed by atoms with Crippen molar-refractivity contribution in [2.24, 2.45) is 0 Å². The Bertz CT molecular complexity index is 1070. The van der Waals surface area contributed by atoms with Crippen molar-refractivity contribution >= 4 is 16.9 Å². The van der Waals surface area contributed by atoms with Gasteiger partial charge in [-0.15, -0.1) is 0 Å². The van der Waals surface area contributed by atoms with Gasteiger partial charge >= 0.3 is 5.97 Å². The summed E-state index contributed by atoms with van der Waals surface area (Å²) in [5.74, 6) is 0.0416. The molecule has 0 fully saturated rings. The zero-order valence-corrected chi connectivity index (χ0v) is 15.6. The standard InChI is InChI=1S/C20H19NO7/c1-25-11-28-13-6-4-12(5-7-13)21-10-15(20(23)24)19(22)14-8-17(26-2)18(27-3)9-16(14)21/h4-10H,11H2,1-3H3,(H,23,24). The Morgan fingerprint density at radius 3 is 2.25 bits per heavy atom.